The second-order valence-electron chi connectivity index (χ2n) is 4.20. The van der Waals surface area contributed by atoms with E-state index in [0.717, 1.165) is 13.1 Å². The highest BCUT2D eigenvalue weighted by molar-refractivity contribution is 4.71. The van der Waals surface area contributed by atoms with Gasteiger partial charge >= 0.3 is 0 Å². The van der Waals surface area contributed by atoms with Gasteiger partial charge in [-0.1, -0.05) is 0 Å². The fraction of sp³-hybridized carbons (Fsp3) is 1.00. The monoisotopic (exact) mass is 279 g/mol. The summed E-state index contributed by atoms with van der Waals surface area (Å²) in [7, 11) is 6.77. The van der Waals surface area contributed by atoms with Crippen molar-refractivity contribution in [2.24, 2.45) is 0 Å². The van der Waals surface area contributed by atoms with E-state index in [1.54, 1.807) is 28.4 Å². The van der Waals surface area contributed by atoms with E-state index in [4.69, 9.17) is 23.7 Å². The molecular formula is C13H29NO5. The van der Waals surface area contributed by atoms with Crippen molar-refractivity contribution in [2.75, 3.05) is 81.2 Å². The average molecular weight is 279 g/mol. The van der Waals surface area contributed by atoms with Gasteiger partial charge in [0.2, 0.25) is 0 Å². The topological polar surface area (TPSA) is 49.4 Å². The van der Waals surface area contributed by atoms with Crippen molar-refractivity contribution in [1.29, 1.82) is 0 Å². The van der Waals surface area contributed by atoms with Crippen molar-refractivity contribution in [3.63, 3.8) is 0 Å². The highest BCUT2D eigenvalue weighted by atomic mass is 16.5. The van der Waals surface area contributed by atoms with Crippen LogP contribution < -0.4 is 0 Å². The molecule has 0 bridgehead atoms. The lowest BCUT2D eigenvalue weighted by Gasteiger charge is -2.30. The van der Waals surface area contributed by atoms with Gasteiger partial charge in [-0.3, -0.25) is 4.90 Å². The third-order valence-electron chi connectivity index (χ3n) is 2.78. The molecule has 0 N–H and O–H groups in total. The number of hydrogen-bond donors (Lipinski definition) is 0. The van der Waals surface area contributed by atoms with Crippen molar-refractivity contribution < 1.29 is 23.7 Å². The Hall–Kier alpha value is -0.240. The summed E-state index contributed by atoms with van der Waals surface area (Å²) in [6.45, 7) is 5.48. The van der Waals surface area contributed by atoms with E-state index >= 15 is 0 Å². The van der Waals surface area contributed by atoms with Crippen LogP contribution in [-0.4, -0.2) is 92.1 Å². The molecule has 0 aliphatic rings. The minimum absolute atomic E-state index is 0.201. The second-order valence-corrected chi connectivity index (χ2v) is 4.20. The molecule has 1 atom stereocenters. The van der Waals surface area contributed by atoms with E-state index in [9.17, 15) is 0 Å². The molecule has 0 rings (SSSR count). The van der Waals surface area contributed by atoms with Gasteiger partial charge in [-0.2, -0.15) is 0 Å². The first-order chi connectivity index (χ1) is 9.29. The van der Waals surface area contributed by atoms with Gasteiger partial charge in [0, 0.05) is 41.5 Å². The molecule has 0 heterocycles. The molecule has 0 spiro atoms. The van der Waals surface area contributed by atoms with Crippen LogP contribution in [0, 0.1) is 0 Å². The van der Waals surface area contributed by atoms with Gasteiger partial charge in [-0.15, -0.1) is 0 Å². The highest BCUT2D eigenvalue weighted by Crippen LogP contribution is 2.02. The molecule has 0 amide bonds. The van der Waals surface area contributed by atoms with Crippen molar-refractivity contribution in [3.8, 4) is 0 Å². The summed E-state index contributed by atoms with van der Waals surface area (Å²) in [4.78, 5) is 2.27. The molecule has 0 aliphatic carbocycles. The molecule has 6 heteroatoms. The molecule has 0 saturated carbocycles. The maximum Gasteiger partial charge on any atom is 0.0701 e. The quantitative estimate of drug-likeness (QED) is 0.425. The molecule has 0 aromatic heterocycles. The molecule has 0 aromatic carbocycles. The molecule has 0 saturated heterocycles. The smallest absolute Gasteiger partial charge is 0.0701 e. The van der Waals surface area contributed by atoms with Crippen LogP contribution in [0.2, 0.25) is 0 Å². The van der Waals surface area contributed by atoms with Crippen molar-refractivity contribution >= 4 is 0 Å². The minimum Gasteiger partial charge on any atom is -0.383 e. The van der Waals surface area contributed by atoms with Gasteiger partial charge in [0.05, 0.1) is 45.7 Å². The Morgan fingerprint density at radius 1 is 0.684 bits per heavy atom. The third kappa shape index (κ3) is 10.2. The Labute approximate surface area is 116 Å². The van der Waals surface area contributed by atoms with E-state index < -0.39 is 0 Å². The molecule has 116 valence electrons. The Bertz CT molecular complexity index is 174. The fourth-order valence-electron chi connectivity index (χ4n) is 1.71. The average Bonchev–Trinajstić information content (AvgIpc) is 2.43. The van der Waals surface area contributed by atoms with Crippen LogP contribution in [0.1, 0.15) is 0 Å². The number of ether oxygens (including phenoxy) is 5. The number of nitrogens with zero attached hydrogens (tertiary/aromatic N) is 1. The lowest BCUT2D eigenvalue weighted by atomic mass is 10.2. The number of methoxy groups -OCH3 is 4. The summed E-state index contributed by atoms with van der Waals surface area (Å²) in [5.41, 5.74) is 0. The van der Waals surface area contributed by atoms with E-state index in [-0.39, 0.29) is 6.04 Å². The molecular weight excluding hydrogens is 250 g/mol. The van der Waals surface area contributed by atoms with Crippen molar-refractivity contribution in [2.45, 2.75) is 6.04 Å². The van der Waals surface area contributed by atoms with Crippen LogP contribution in [0.3, 0.4) is 0 Å². The maximum absolute atomic E-state index is 5.60. The zero-order chi connectivity index (χ0) is 14.3. The SMILES string of the molecule is COCCOCC(COC)N(CCOC)CCOC. The zero-order valence-electron chi connectivity index (χ0n) is 12.7. The molecule has 0 aliphatic heterocycles. The lowest BCUT2D eigenvalue weighted by molar-refractivity contribution is -0.0108. The van der Waals surface area contributed by atoms with E-state index in [0.29, 0.717) is 39.6 Å². The summed E-state index contributed by atoms with van der Waals surface area (Å²) in [5.74, 6) is 0. The minimum atomic E-state index is 0.201. The predicted molar refractivity (Wildman–Crippen MR) is 73.7 cm³/mol. The van der Waals surface area contributed by atoms with Crippen LogP contribution in [0.4, 0.5) is 0 Å². The Morgan fingerprint density at radius 2 is 1.26 bits per heavy atom. The van der Waals surface area contributed by atoms with Gasteiger partial charge < -0.3 is 23.7 Å². The first-order valence-corrected chi connectivity index (χ1v) is 6.57. The summed E-state index contributed by atoms with van der Waals surface area (Å²) in [5, 5.41) is 0. The van der Waals surface area contributed by atoms with E-state index in [2.05, 4.69) is 4.90 Å². The van der Waals surface area contributed by atoms with Gasteiger partial charge in [0.25, 0.3) is 0 Å². The molecule has 0 aromatic rings. The Balaban J connectivity index is 4.19. The normalized spacial score (nSPS) is 13.1. The first kappa shape index (κ1) is 18.8. The molecule has 0 radical (unpaired) electrons. The summed E-state index contributed by atoms with van der Waals surface area (Å²) >= 11 is 0. The lowest BCUT2D eigenvalue weighted by Crippen LogP contribution is -2.45. The maximum atomic E-state index is 5.60. The van der Waals surface area contributed by atoms with Crippen LogP contribution in [0.25, 0.3) is 0 Å². The number of hydrogen-bond acceptors (Lipinski definition) is 6. The first-order valence-electron chi connectivity index (χ1n) is 6.57. The largest absolute Gasteiger partial charge is 0.383 e. The van der Waals surface area contributed by atoms with Gasteiger partial charge in [0.1, 0.15) is 0 Å². The molecule has 6 nitrogen and oxygen atoms in total. The van der Waals surface area contributed by atoms with Crippen LogP contribution in [0.15, 0.2) is 0 Å². The summed E-state index contributed by atoms with van der Waals surface area (Å²) in [6.07, 6.45) is 0. The molecule has 0 fully saturated rings. The number of rotatable bonds is 14. The fourth-order valence-corrected chi connectivity index (χ4v) is 1.71. The van der Waals surface area contributed by atoms with Crippen LogP contribution >= 0.6 is 0 Å². The Morgan fingerprint density at radius 3 is 1.74 bits per heavy atom. The molecule has 1 unspecified atom stereocenters. The highest BCUT2D eigenvalue weighted by Gasteiger charge is 2.18. The van der Waals surface area contributed by atoms with Crippen LogP contribution in [0.5, 0.6) is 0 Å². The van der Waals surface area contributed by atoms with Gasteiger partial charge in [-0.05, 0) is 0 Å². The molecule has 19 heavy (non-hydrogen) atoms. The predicted octanol–water partition coefficient (Wildman–Crippen LogP) is 0.259. The van der Waals surface area contributed by atoms with Crippen LogP contribution in [-0.2, 0) is 23.7 Å². The second kappa shape index (κ2) is 14.2. The Kier molecular flexibility index (Phi) is 14.0. The van der Waals surface area contributed by atoms with Gasteiger partial charge in [-0.25, -0.2) is 0 Å². The van der Waals surface area contributed by atoms with E-state index in [1.165, 1.54) is 0 Å². The standard InChI is InChI=1S/C13H29NO5/c1-15-7-5-14(6-8-16-2)13(11-18-4)12-19-10-9-17-3/h13H,5-12H2,1-4H3. The third-order valence-corrected chi connectivity index (χ3v) is 2.78. The van der Waals surface area contributed by atoms with E-state index in [1.807, 2.05) is 0 Å². The van der Waals surface area contributed by atoms with Crippen molar-refractivity contribution in [3.05, 3.63) is 0 Å². The van der Waals surface area contributed by atoms with Crippen molar-refractivity contribution in [1.82, 2.24) is 4.90 Å². The zero-order valence-corrected chi connectivity index (χ0v) is 12.7. The van der Waals surface area contributed by atoms with Gasteiger partial charge in [0.15, 0.2) is 0 Å². The summed E-state index contributed by atoms with van der Waals surface area (Å²) < 4.78 is 26.1. The summed E-state index contributed by atoms with van der Waals surface area (Å²) in [6, 6.07) is 0.201.